The summed E-state index contributed by atoms with van der Waals surface area (Å²) in [5.41, 5.74) is 2.28. The first-order valence-electron chi connectivity index (χ1n) is 8.21. The van der Waals surface area contributed by atoms with E-state index in [9.17, 15) is 9.59 Å². The summed E-state index contributed by atoms with van der Waals surface area (Å²) in [6.45, 7) is 3.98. The molecule has 1 N–H and O–H groups in total. The van der Waals surface area contributed by atoms with E-state index in [0.29, 0.717) is 17.9 Å². The molecule has 1 atom stereocenters. The van der Waals surface area contributed by atoms with E-state index in [0.717, 1.165) is 11.1 Å². The zero-order valence-electron chi connectivity index (χ0n) is 14.7. The van der Waals surface area contributed by atoms with E-state index >= 15 is 0 Å². The van der Waals surface area contributed by atoms with Crippen molar-refractivity contribution in [3.8, 4) is 5.75 Å². The molecule has 2 aromatic rings. The summed E-state index contributed by atoms with van der Waals surface area (Å²) < 4.78 is 10.3. The molecule has 5 nitrogen and oxygen atoms in total. The third kappa shape index (κ3) is 5.08. The molecule has 132 valence electrons. The molecule has 0 aromatic heterocycles. The molecule has 0 radical (unpaired) electrons. The van der Waals surface area contributed by atoms with Crippen molar-refractivity contribution >= 4 is 11.9 Å². The molecule has 5 heteroatoms. The average molecular weight is 341 g/mol. The molecule has 1 unspecified atom stereocenters. The van der Waals surface area contributed by atoms with E-state index in [1.165, 1.54) is 0 Å². The van der Waals surface area contributed by atoms with Crippen LogP contribution >= 0.6 is 0 Å². The van der Waals surface area contributed by atoms with Crippen LogP contribution in [-0.2, 0) is 9.53 Å². The minimum atomic E-state index is -0.458. The summed E-state index contributed by atoms with van der Waals surface area (Å²) in [7, 11) is 1.57. The Kier molecular flexibility index (Phi) is 6.57. The summed E-state index contributed by atoms with van der Waals surface area (Å²) in [5.74, 6) is 0.0314. The molecule has 0 saturated heterocycles. The topological polar surface area (TPSA) is 64.6 Å². The first-order chi connectivity index (χ1) is 12.0. The zero-order valence-corrected chi connectivity index (χ0v) is 14.7. The highest BCUT2D eigenvalue weighted by Gasteiger charge is 2.20. The molecule has 0 aliphatic heterocycles. The minimum absolute atomic E-state index is 0.0760. The Morgan fingerprint density at radius 1 is 1.12 bits per heavy atom. The number of nitrogens with one attached hydrogen (secondary N) is 1. The van der Waals surface area contributed by atoms with Crippen LogP contribution in [0.4, 0.5) is 0 Å². The van der Waals surface area contributed by atoms with Crippen LogP contribution < -0.4 is 10.1 Å². The number of ether oxygens (including phenoxy) is 2. The third-order valence-electron chi connectivity index (χ3n) is 3.85. The number of carbonyl (C=O) groups is 2. The standard InChI is InChI=1S/C20H23NO4/c1-4-25-19(22)13-17(15-8-6-5-7-9-15)21-20(23)16-11-10-14(2)18(12-16)24-3/h5-12,17H,4,13H2,1-3H3,(H,21,23). The molecule has 0 spiro atoms. The van der Waals surface area contributed by atoms with E-state index in [4.69, 9.17) is 9.47 Å². The molecule has 0 fully saturated rings. The van der Waals surface area contributed by atoms with Gasteiger partial charge in [0.15, 0.2) is 0 Å². The Morgan fingerprint density at radius 2 is 1.84 bits per heavy atom. The van der Waals surface area contributed by atoms with Crippen molar-refractivity contribution in [2.75, 3.05) is 13.7 Å². The van der Waals surface area contributed by atoms with Crippen LogP contribution in [0.3, 0.4) is 0 Å². The molecule has 0 bridgehead atoms. The lowest BCUT2D eigenvalue weighted by Crippen LogP contribution is -2.30. The Balaban J connectivity index is 2.20. The number of hydrogen-bond donors (Lipinski definition) is 1. The first kappa shape index (κ1) is 18.5. The fourth-order valence-electron chi connectivity index (χ4n) is 2.53. The summed E-state index contributed by atoms with van der Waals surface area (Å²) in [6, 6.07) is 14.2. The van der Waals surface area contributed by atoms with Crippen molar-refractivity contribution in [1.29, 1.82) is 0 Å². The van der Waals surface area contributed by atoms with E-state index in [2.05, 4.69) is 5.32 Å². The summed E-state index contributed by atoms with van der Waals surface area (Å²) in [5, 5.41) is 2.91. The van der Waals surface area contributed by atoms with Gasteiger partial charge in [-0.25, -0.2) is 0 Å². The van der Waals surface area contributed by atoms with Crippen LogP contribution in [-0.4, -0.2) is 25.6 Å². The molecule has 25 heavy (non-hydrogen) atoms. The van der Waals surface area contributed by atoms with Crippen molar-refractivity contribution in [3.05, 3.63) is 65.2 Å². The van der Waals surface area contributed by atoms with Crippen molar-refractivity contribution in [2.24, 2.45) is 0 Å². The molecule has 2 rings (SSSR count). The third-order valence-corrected chi connectivity index (χ3v) is 3.85. The lowest BCUT2D eigenvalue weighted by molar-refractivity contribution is -0.143. The second kappa shape index (κ2) is 8.87. The van der Waals surface area contributed by atoms with Gasteiger partial charge >= 0.3 is 5.97 Å². The van der Waals surface area contributed by atoms with Gasteiger partial charge in [0.05, 0.1) is 26.2 Å². The number of rotatable bonds is 7. The van der Waals surface area contributed by atoms with Crippen LogP contribution in [0.1, 0.15) is 40.9 Å². The summed E-state index contributed by atoms with van der Waals surface area (Å²) in [4.78, 5) is 24.5. The van der Waals surface area contributed by atoms with E-state index in [1.807, 2.05) is 43.3 Å². The summed E-state index contributed by atoms with van der Waals surface area (Å²) in [6.07, 6.45) is 0.0760. The predicted molar refractivity (Wildman–Crippen MR) is 95.6 cm³/mol. The summed E-state index contributed by atoms with van der Waals surface area (Å²) >= 11 is 0. The van der Waals surface area contributed by atoms with E-state index in [1.54, 1.807) is 26.2 Å². The predicted octanol–water partition coefficient (Wildman–Crippen LogP) is 3.43. The van der Waals surface area contributed by atoms with Gasteiger partial charge < -0.3 is 14.8 Å². The second-order valence-electron chi connectivity index (χ2n) is 5.63. The maximum Gasteiger partial charge on any atom is 0.308 e. The average Bonchev–Trinajstić information content (AvgIpc) is 2.62. The zero-order chi connectivity index (χ0) is 18.2. The van der Waals surface area contributed by atoms with E-state index < -0.39 is 6.04 Å². The van der Waals surface area contributed by atoms with Gasteiger partial charge in [0.2, 0.25) is 0 Å². The molecule has 0 heterocycles. The van der Waals surface area contributed by atoms with Crippen LogP contribution in [0.5, 0.6) is 5.75 Å². The SMILES string of the molecule is CCOC(=O)CC(NC(=O)c1ccc(C)c(OC)c1)c1ccccc1. The Bertz CT molecular complexity index is 728. The van der Waals surface area contributed by atoms with Gasteiger partial charge in [-0.15, -0.1) is 0 Å². The Hall–Kier alpha value is -2.82. The molecule has 1 amide bonds. The minimum Gasteiger partial charge on any atom is -0.496 e. The molecule has 0 aliphatic carbocycles. The highest BCUT2D eigenvalue weighted by molar-refractivity contribution is 5.95. The first-order valence-corrected chi connectivity index (χ1v) is 8.21. The lowest BCUT2D eigenvalue weighted by Gasteiger charge is -2.19. The maximum atomic E-state index is 12.6. The molecular weight excluding hydrogens is 318 g/mol. The fourth-order valence-corrected chi connectivity index (χ4v) is 2.53. The monoisotopic (exact) mass is 341 g/mol. The molecular formula is C20H23NO4. The molecule has 0 saturated carbocycles. The van der Waals surface area contributed by atoms with Crippen molar-refractivity contribution in [2.45, 2.75) is 26.3 Å². The van der Waals surface area contributed by atoms with Crippen LogP contribution in [0.2, 0.25) is 0 Å². The Labute approximate surface area is 148 Å². The highest BCUT2D eigenvalue weighted by Crippen LogP contribution is 2.21. The highest BCUT2D eigenvalue weighted by atomic mass is 16.5. The second-order valence-corrected chi connectivity index (χ2v) is 5.63. The number of amides is 1. The van der Waals surface area contributed by atoms with Crippen molar-refractivity contribution < 1.29 is 19.1 Å². The van der Waals surface area contributed by atoms with Gasteiger partial charge in [0, 0.05) is 5.56 Å². The van der Waals surface area contributed by atoms with Crippen LogP contribution in [0.15, 0.2) is 48.5 Å². The lowest BCUT2D eigenvalue weighted by atomic mass is 10.0. The molecule has 2 aromatic carbocycles. The normalized spacial score (nSPS) is 11.5. The quantitative estimate of drug-likeness (QED) is 0.784. The van der Waals surface area contributed by atoms with Gasteiger partial charge in [-0.1, -0.05) is 36.4 Å². The fraction of sp³-hybridized carbons (Fsp3) is 0.300. The molecule has 0 aliphatic rings. The van der Waals surface area contributed by atoms with Crippen molar-refractivity contribution in [3.63, 3.8) is 0 Å². The number of carbonyl (C=O) groups excluding carboxylic acids is 2. The van der Waals surface area contributed by atoms with E-state index in [-0.39, 0.29) is 18.3 Å². The van der Waals surface area contributed by atoms with Gasteiger partial charge in [0.25, 0.3) is 5.91 Å². The van der Waals surface area contributed by atoms with Gasteiger partial charge in [0.1, 0.15) is 5.75 Å². The number of methoxy groups -OCH3 is 1. The van der Waals surface area contributed by atoms with Crippen LogP contribution in [0.25, 0.3) is 0 Å². The largest absolute Gasteiger partial charge is 0.496 e. The smallest absolute Gasteiger partial charge is 0.308 e. The van der Waals surface area contributed by atoms with Crippen molar-refractivity contribution in [1.82, 2.24) is 5.32 Å². The number of esters is 1. The maximum absolute atomic E-state index is 12.6. The van der Waals surface area contributed by atoms with Gasteiger partial charge in [-0.2, -0.15) is 0 Å². The van der Waals surface area contributed by atoms with Crippen LogP contribution in [0, 0.1) is 6.92 Å². The number of aryl methyl sites for hydroxylation is 1. The van der Waals surface area contributed by atoms with Gasteiger partial charge in [-0.05, 0) is 37.1 Å². The van der Waals surface area contributed by atoms with Gasteiger partial charge in [-0.3, -0.25) is 9.59 Å². The number of hydrogen-bond acceptors (Lipinski definition) is 4. The Morgan fingerprint density at radius 3 is 2.48 bits per heavy atom. The number of benzene rings is 2.